The number of hydrogen-bond donors (Lipinski definition) is 7. The average Bonchev–Trinajstić information content (AvgIpc) is 3.32. The van der Waals surface area contributed by atoms with Crippen LogP contribution in [-0.2, 0) is 33.2 Å². The molecule has 0 amide bonds. The number of hydrogen-bond acceptors (Lipinski definition) is 14. The number of aliphatic hydroxyl groups is 7. The number of rotatable bonds is 40. The Morgan fingerprint density at radius 1 is 0.507 bits per heavy atom. The Kier molecular flexibility index (Phi) is 36.7. The predicted octanol–water partition coefficient (Wildman–Crippen LogP) is 7.74. The summed E-state index contributed by atoms with van der Waals surface area (Å²) in [5.74, 6) is -0.395. The first-order valence-corrected chi connectivity index (χ1v) is 25.9. The van der Waals surface area contributed by atoms with Crippen LogP contribution in [0.1, 0.15) is 168 Å². The van der Waals surface area contributed by atoms with Crippen LogP contribution in [0.25, 0.3) is 0 Å². The van der Waals surface area contributed by atoms with Crippen molar-refractivity contribution in [2.75, 3.05) is 33.0 Å². The number of ether oxygens (including phenoxy) is 6. The van der Waals surface area contributed by atoms with Gasteiger partial charge in [-0.1, -0.05) is 145 Å². The molecule has 2 aliphatic rings. The molecule has 0 aromatic rings. The van der Waals surface area contributed by atoms with Crippen LogP contribution < -0.4 is 0 Å². The van der Waals surface area contributed by atoms with Crippen LogP contribution in [0.5, 0.6) is 0 Å². The van der Waals surface area contributed by atoms with Crippen LogP contribution in [0, 0.1) is 0 Å². The van der Waals surface area contributed by atoms with Gasteiger partial charge in [-0.2, -0.15) is 0 Å². The summed E-state index contributed by atoms with van der Waals surface area (Å²) in [7, 11) is 0. The van der Waals surface area contributed by atoms with Gasteiger partial charge in [0, 0.05) is 13.0 Å². The number of carbonyl (C=O) groups excluding carboxylic acids is 1. The minimum absolute atomic E-state index is 0.0482. The molecule has 388 valence electrons. The minimum Gasteiger partial charge on any atom is -0.457 e. The van der Waals surface area contributed by atoms with Crippen LogP contribution in [-0.4, -0.2) is 142 Å². The third-order valence-electron chi connectivity index (χ3n) is 12.0. The maximum absolute atomic E-state index is 13.0. The van der Waals surface area contributed by atoms with Crippen molar-refractivity contribution in [2.45, 2.75) is 235 Å². The first-order chi connectivity index (χ1) is 32.6. The molecule has 2 fully saturated rings. The monoisotopic (exact) mass is 953 g/mol. The molecule has 14 heteroatoms. The lowest BCUT2D eigenvalue weighted by molar-refractivity contribution is -0.332. The Labute approximate surface area is 403 Å². The summed E-state index contributed by atoms with van der Waals surface area (Å²) in [6.45, 7) is 3.50. The second-order valence-corrected chi connectivity index (χ2v) is 18.0. The standard InChI is InChI=1S/C53H92O14/c1-3-5-7-9-11-13-15-17-19-20-21-23-25-27-29-31-33-35-37-62-39-42(65-45(55)36-34-32-30-28-26-24-22-18-16-14-12-10-8-6-4-2)40-63-52-51(61)49(59)47(57)44(67-52)41-64-53-50(60)48(58)46(56)43(38-54)66-53/h5,7,11-14,17-19,22,42-44,46-54,56-61H,3-4,6,8-10,15-16,20-21,23-41H2,1-2H3/b7-5-,13-11-,14-12-,19-17-,22-18-. The molecule has 7 N–H and O–H groups in total. The maximum atomic E-state index is 13.0. The normalized spacial score (nSPS) is 26.6. The summed E-state index contributed by atoms with van der Waals surface area (Å²) < 4.78 is 34.3. The van der Waals surface area contributed by atoms with Gasteiger partial charge in [0.1, 0.15) is 54.9 Å². The molecule has 0 aromatic carbocycles. The third-order valence-corrected chi connectivity index (χ3v) is 12.0. The second-order valence-electron chi connectivity index (χ2n) is 18.0. The largest absolute Gasteiger partial charge is 0.457 e. The van der Waals surface area contributed by atoms with Gasteiger partial charge in [0.05, 0.1) is 26.4 Å². The van der Waals surface area contributed by atoms with E-state index < -0.39 is 86.7 Å². The van der Waals surface area contributed by atoms with E-state index in [-0.39, 0.29) is 19.6 Å². The molecule has 2 aliphatic heterocycles. The lowest BCUT2D eigenvalue weighted by atomic mass is 9.98. The van der Waals surface area contributed by atoms with Gasteiger partial charge in [-0.3, -0.25) is 4.79 Å². The van der Waals surface area contributed by atoms with Crippen LogP contribution >= 0.6 is 0 Å². The third kappa shape index (κ3) is 28.2. The van der Waals surface area contributed by atoms with Gasteiger partial charge in [0.15, 0.2) is 12.6 Å². The fourth-order valence-electron chi connectivity index (χ4n) is 7.80. The van der Waals surface area contributed by atoms with Gasteiger partial charge in [-0.05, 0) is 77.0 Å². The Bertz CT molecular complexity index is 1340. The number of esters is 1. The second kappa shape index (κ2) is 40.4. The van der Waals surface area contributed by atoms with Crippen LogP contribution in [0.4, 0.5) is 0 Å². The summed E-state index contributed by atoms with van der Waals surface area (Å²) in [6, 6.07) is 0. The zero-order valence-electron chi connectivity index (χ0n) is 41.1. The summed E-state index contributed by atoms with van der Waals surface area (Å²) in [5, 5.41) is 72.1. The predicted molar refractivity (Wildman–Crippen MR) is 261 cm³/mol. The molecule has 0 bridgehead atoms. The quantitative estimate of drug-likeness (QED) is 0.0178. The smallest absolute Gasteiger partial charge is 0.306 e. The molecular formula is C53H92O14. The molecule has 0 aromatic heterocycles. The highest BCUT2D eigenvalue weighted by atomic mass is 16.7. The lowest BCUT2D eigenvalue weighted by Crippen LogP contribution is -2.61. The van der Waals surface area contributed by atoms with Gasteiger partial charge in [0.25, 0.3) is 0 Å². The van der Waals surface area contributed by atoms with E-state index in [0.717, 1.165) is 89.9 Å². The molecular weight excluding hydrogens is 861 g/mol. The molecule has 11 atom stereocenters. The zero-order chi connectivity index (χ0) is 48.7. The highest BCUT2D eigenvalue weighted by Crippen LogP contribution is 2.26. The zero-order valence-corrected chi connectivity index (χ0v) is 41.1. The van der Waals surface area contributed by atoms with E-state index >= 15 is 0 Å². The molecule has 0 aliphatic carbocycles. The summed E-state index contributed by atoms with van der Waals surface area (Å²) >= 11 is 0. The fourth-order valence-corrected chi connectivity index (χ4v) is 7.80. The van der Waals surface area contributed by atoms with Crippen LogP contribution in [0.2, 0.25) is 0 Å². The average molecular weight is 953 g/mol. The van der Waals surface area contributed by atoms with E-state index in [1.165, 1.54) is 51.4 Å². The number of carbonyl (C=O) groups is 1. The molecule has 14 nitrogen and oxygen atoms in total. The summed E-state index contributed by atoms with van der Waals surface area (Å²) in [5.41, 5.74) is 0. The number of unbranched alkanes of at least 4 members (excludes halogenated alkanes) is 16. The summed E-state index contributed by atoms with van der Waals surface area (Å²) in [4.78, 5) is 13.0. The SMILES string of the molecule is CC/C=C\C/C=C\C/C=C\CCCCCCCCCCOCC(COC1OC(COC2OC(CO)C(O)C(O)C2O)C(O)C(O)C1O)OC(=O)CCCCCCC/C=C\C/C=C\CCCCC. The number of aliphatic hydroxyl groups excluding tert-OH is 7. The Balaban J connectivity index is 1.77. The van der Waals surface area contributed by atoms with Gasteiger partial charge in [-0.25, -0.2) is 0 Å². The van der Waals surface area contributed by atoms with E-state index in [1.54, 1.807) is 0 Å². The van der Waals surface area contributed by atoms with Crippen molar-refractivity contribution in [1.29, 1.82) is 0 Å². The minimum atomic E-state index is -1.71. The molecule has 2 saturated heterocycles. The lowest BCUT2D eigenvalue weighted by Gasteiger charge is -2.42. The Hall–Kier alpha value is -2.31. The van der Waals surface area contributed by atoms with E-state index in [2.05, 4.69) is 74.6 Å². The Morgan fingerprint density at radius 2 is 0.970 bits per heavy atom. The molecule has 2 rings (SSSR count). The van der Waals surface area contributed by atoms with Crippen LogP contribution in [0.15, 0.2) is 60.8 Å². The maximum Gasteiger partial charge on any atom is 0.306 e. The van der Waals surface area contributed by atoms with Crippen molar-refractivity contribution in [3.63, 3.8) is 0 Å². The van der Waals surface area contributed by atoms with Crippen molar-refractivity contribution >= 4 is 5.97 Å². The molecule has 0 radical (unpaired) electrons. The van der Waals surface area contributed by atoms with Crippen LogP contribution in [0.3, 0.4) is 0 Å². The molecule has 67 heavy (non-hydrogen) atoms. The molecule has 2 heterocycles. The van der Waals surface area contributed by atoms with Gasteiger partial charge < -0.3 is 64.2 Å². The highest BCUT2D eigenvalue weighted by molar-refractivity contribution is 5.69. The van der Waals surface area contributed by atoms with Crippen molar-refractivity contribution < 1.29 is 69.0 Å². The van der Waals surface area contributed by atoms with Crippen molar-refractivity contribution in [1.82, 2.24) is 0 Å². The first kappa shape index (κ1) is 60.8. The van der Waals surface area contributed by atoms with E-state index in [4.69, 9.17) is 28.4 Å². The van der Waals surface area contributed by atoms with Crippen molar-refractivity contribution in [3.05, 3.63) is 60.8 Å². The van der Waals surface area contributed by atoms with Gasteiger partial charge >= 0.3 is 5.97 Å². The molecule has 0 saturated carbocycles. The summed E-state index contributed by atoms with van der Waals surface area (Å²) in [6.07, 6.45) is 31.3. The highest BCUT2D eigenvalue weighted by Gasteiger charge is 2.47. The fraction of sp³-hybridized carbons (Fsp3) is 0.792. The van der Waals surface area contributed by atoms with E-state index in [1.807, 2.05) is 0 Å². The van der Waals surface area contributed by atoms with E-state index in [0.29, 0.717) is 13.0 Å². The van der Waals surface area contributed by atoms with Gasteiger partial charge in [-0.15, -0.1) is 0 Å². The first-order valence-electron chi connectivity index (χ1n) is 25.9. The topological polar surface area (TPSA) is 214 Å². The molecule has 0 spiro atoms. The Morgan fingerprint density at radius 3 is 1.52 bits per heavy atom. The van der Waals surface area contributed by atoms with Gasteiger partial charge in [0.2, 0.25) is 0 Å². The van der Waals surface area contributed by atoms with E-state index in [9.17, 15) is 40.5 Å². The molecule has 11 unspecified atom stereocenters. The van der Waals surface area contributed by atoms with Crippen molar-refractivity contribution in [3.8, 4) is 0 Å². The van der Waals surface area contributed by atoms with Crippen molar-refractivity contribution in [2.24, 2.45) is 0 Å². The number of allylic oxidation sites excluding steroid dienone is 10.